The average molecular weight is 491 g/mol. The summed E-state index contributed by atoms with van der Waals surface area (Å²) in [7, 11) is 1.57. The first-order valence-corrected chi connectivity index (χ1v) is 8.51. The zero-order chi connectivity index (χ0) is 16.1. The molecule has 0 aliphatic rings. The quantitative estimate of drug-likeness (QED) is 0.497. The van der Waals surface area contributed by atoms with Crippen molar-refractivity contribution >= 4 is 59.9 Å². The molecule has 2 aromatic carbocycles. The van der Waals surface area contributed by atoms with Gasteiger partial charge in [-0.05, 0) is 46.3 Å². The molecule has 0 saturated heterocycles. The van der Waals surface area contributed by atoms with Gasteiger partial charge in [0.15, 0.2) is 0 Å². The van der Waals surface area contributed by atoms with Gasteiger partial charge in [0.2, 0.25) is 0 Å². The number of nitrogens with zero attached hydrogens (tertiary/aromatic N) is 1. The van der Waals surface area contributed by atoms with Gasteiger partial charge >= 0.3 is 0 Å². The first-order valence-electron chi connectivity index (χ1n) is 6.13. The number of methoxy groups -OCH3 is 1. The molecule has 0 aromatic heterocycles. The molecule has 0 fully saturated rings. The van der Waals surface area contributed by atoms with E-state index in [1.54, 1.807) is 25.3 Å². The number of benzene rings is 2. The average Bonchev–Trinajstić information content (AvgIpc) is 2.46. The number of hydrogen-bond donors (Lipinski definition) is 1. The molecular weight excluding hydrogens is 480 g/mol. The second kappa shape index (κ2) is 7.89. The number of carbonyl (C=O) groups is 1. The maximum Gasteiger partial charge on any atom is 0.271 e. The highest BCUT2D eigenvalue weighted by Gasteiger charge is 2.08. The van der Waals surface area contributed by atoms with Crippen LogP contribution in [0.15, 0.2) is 54.9 Å². The van der Waals surface area contributed by atoms with Crippen molar-refractivity contribution in [3.63, 3.8) is 0 Å². The molecule has 0 saturated carbocycles. The van der Waals surface area contributed by atoms with Crippen LogP contribution in [-0.2, 0) is 0 Å². The highest BCUT2D eigenvalue weighted by molar-refractivity contribution is 9.11. The van der Waals surface area contributed by atoms with Crippen LogP contribution >= 0.6 is 47.8 Å². The molecule has 0 aliphatic carbocycles. The molecule has 114 valence electrons. The summed E-state index contributed by atoms with van der Waals surface area (Å²) in [6.45, 7) is 0. The van der Waals surface area contributed by atoms with Crippen LogP contribution in [0.3, 0.4) is 0 Å². The summed E-state index contributed by atoms with van der Waals surface area (Å²) in [5, 5.41) is 3.98. The molecule has 0 unspecified atom stereocenters. The van der Waals surface area contributed by atoms with Crippen LogP contribution < -0.4 is 10.2 Å². The predicted molar refractivity (Wildman–Crippen MR) is 97.6 cm³/mol. The number of amides is 1. The highest BCUT2D eigenvalue weighted by atomic mass is 79.9. The molecule has 0 bridgehead atoms. The smallest absolute Gasteiger partial charge is 0.271 e. The summed E-state index contributed by atoms with van der Waals surface area (Å²) in [5.41, 5.74) is 3.75. The van der Waals surface area contributed by atoms with Crippen molar-refractivity contribution in [2.45, 2.75) is 0 Å². The molecule has 0 aliphatic heterocycles. The highest BCUT2D eigenvalue weighted by Crippen LogP contribution is 2.31. The van der Waals surface area contributed by atoms with E-state index >= 15 is 0 Å². The van der Waals surface area contributed by atoms with E-state index in [1.165, 1.54) is 6.21 Å². The molecule has 7 heteroatoms. The number of nitrogens with one attached hydrogen (secondary N) is 1. The first-order chi connectivity index (χ1) is 10.5. The SMILES string of the molecule is COc1c(Br)cc(Br)cc1/C=N/NC(=O)c1cccc(Br)c1. The maximum absolute atomic E-state index is 12.0. The van der Waals surface area contributed by atoms with Gasteiger partial charge in [-0.1, -0.05) is 37.9 Å². The molecule has 2 rings (SSSR count). The third kappa shape index (κ3) is 4.41. The van der Waals surface area contributed by atoms with Crippen molar-refractivity contribution < 1.29 is 9.53 Å². The van der Waals surface area contributed by atoms with Gasteiger partial charge in [0.1, 0.15) is 5.75 Å². The van der Waals surface area contributed by atoms with Gasteiger partial charge in [0.25, 0.3) is 5.91 Å². The second-order valence-corrected chi connectivity index (χ2v) is 6.91. The topological polar surface area (TPSA) is 50.7 Å². The van der Waals surface area contributed by atoms with Gasteiger partial charge in [0.05, 0.1) is 17.8 Å². The Balaban J connectivity index is 2.14. The Morgan fingerprint density at radius 2 is 1.95 bits per heavy atom. The number of rotatable bonds is 4. The number of hydrogen-bond acceptors (Lipinski definition) is 3. The van der Waals surface area contributed by atoms with Gasteiger partial charge in [0, 0.05) is 20.1 Å². The molecule has 2 aromatic rings. The van der Waals surface area contributed by atoms with E-state index in [1.807, 2.05) is 18.2 Å². The van der Waals surface area contributed by atoms with E-state index in [9.17, 15) is 4.79 Å². The van der Waals surface area contributed by atoms with Crippen LogP contribution in [0.1, 0.15) is 15.9 Å². The summed E-state index contributed by atoms with van der Waals surface area (Å²) in [6.07, 6.45) is 1.53. The van der Waals surface area contributed by atoms with E-state index in [4.69, 9.17) is 4.74 Å². The monoisotopic (exact) mass is 488 g/mol. The van der Waals surface area contributed by atoms with Crippen molar-refractivity contribution in [2.75, 3.05) is 7.11 Å². The number of carbonyl (C=O) groups excluding carboxylic acids is 1. The number of hydrazone groups is 1. The van der Waals surface area contributed by atoms with E-state index in [0.29, 0.717) is 11.3 Å². The number of ether oxygens (including phenoxy) is 1. The maximum atomic E-state index is 12.0. The molecule has 0 atom stereocenters. The first kappa shape index (κ1) is 17.2. The predicted octanol–water partition coefficient (Wildman–Crippen LogP) is 4.75. The van der Waals surface area contributed by atoms with Crippen molar-refractivity contribution in [3.05, 3.63) is 60.9 Å². The molecule has 0 spiro atoms. The lowest BCUT2D eigenvalue weighted by Gasteiger charge is -2.07. The van der Waals surface area contributed by atoms with Crippen molar-refractivity contribution in [2.24, 2.45) is 5.10 Å². The van der Waals surface area contributed by atoms with E-state index < -0.39 is 0 Å². The third-order valence-electron chi connectivity index (χ3n) is 2.70. The summed E-state index contributed by atoms with van der Waals surface area (Å²) in [6, 6.07) is 10.8. The third-order valence-corrected chi connectivity index (χ3v) is 4.24. The minimum absolute atomic E-state index is 0.287. The Morgan fingerprint density at radius 3 is 2.64 bits per heavy atom. The van der Waals surface area contributed by atoms with Gasteiger partial charge in [-0.3, -0.25) is 4.79 Å². The molecule has 4 nitrogen and oxygen atoms in total. The lowest BCUT2D eigenvalue weighted by Crippen LogP contribution is -2.17. The Morgan fingerprint density at radius 1 is 1.18 bits per heavy atom. The Kier molecular flexibility index (Phi) is 6.16. The Bertz CT molecular complexity index is 733. The fraction of sp³-hybridized carbons (Fsp3) is 0.0667. The van der Waals surface area contributed by atoms with Crippen LogP contribution in [0.25, 0.3) is 0 Å². The fourth-order valence-electron chi connectivity index (χ4n) is 1.75. The normalized spacial score (nSPS) is 10.7. The van der Waals surface area contributed by atoms with Crippen molar-refractivity contribution in [3.8, 4) is 5.75 Å². The summed E-state index contributed by atoms with van der Waals surface area (Å²) >= 11 is 10.1. The van der Waals surface area contributed by atoms with Crippen molar-refractivity contribution in [1.82, 2.24) is 5.43 Å². The lowest BCUT2D eigenvalue weighted by atomic mass is 10.2. The Hall–Kier alpha value is -1.18. The molecule has 0 radical (unpaired) electrons. The number of halogens is 3. The summed E-state index contributed by atoms with van der Waals surface area (Å²) < 4.78 is 7.82. The fourth-order valence-corrected chi connectivity index (χ4v) is 3.57. The molecule has 22 heavy (non-hydrogen) atoms. The van der Waals surface area contributed by atoms with E-state index in [0.717, 1.165) is 19.0 Å². The largest absolute Gasteiger partial charge is 0.495 e. The van der Waals surface area contributed by atoms with Crippen LogP contribution in [0.5, 0.6) is 5.75 Å². The summed E-state index contributed by atoms with van der Waals surface area (Å²) in [5.74, 6) is 0.356. The van der Waals surface area contributed by atoms with Crippen molar-refractivity contribution in [1.29, 1.82) is 0 Å². The van der Waals surface area contributed by atoms with Gasteiger partial charge in [-0.15, -0.1) is 0 Å². The molecule has 1 N–H and O–H groups in total. The molecular formula is C15H11Br3N2O2. The molecule has 1 amide bonds. The van der Waals surface area contributed by atoms with Crippen LogP contribution in [0, 0.1) is 0 Å². The van der Waals surface area contributed by atoms with E-state index in [-0.39, 0.29) is 5.91 Å². The lowest BCUT2D eigenvalue weighted by molar-refractivity contribution is 0.0955. The standard InChI is InChI=1S/C15H11Br3N2O2/c1-22-14-10(6-12(17)7-13(14)18)8-19-20-15(21)9-3-2-4-11(16)5-9/h2-8H,1H3,(H,20,21)/b19-8+. The van der Waals surface area contributed by atoms with Crippen LogP contribution in [0.4, 0.5) is 0 Å². The minimum Gasteiger partial charge on any atom is -0.495 e. The van der Waals surface area contributed by atoms with E-state index in [2.05, 4.69) is 58.3 Å². The minimum atomic E-state index is -0.287. The molecule has 0 heterocycles. The Labute approximate surface area is 153 Å². The zero-order valence-electron chi connectivity index (χ0n) is 11.4. The zero-order valence-corrected chi connectivity index (χ0v) is 16.2. The van der Waals surface area contributed by atoms with Gasteiger partial charge in [-0.2, -0.15) is 5.10 Å². The van der Waals surface area contributed by atoms with Crippen LogP contribution in [-0.4, -0.2) is 19.2 Å². The van der Waals surface area contributed by atoms with Gasteiger partial charge < -0.3 is 4.74 Å². The second-order valence-electron chi connectivity index (χ2n) is 4.22. The van der Waals surface area contributed by atoms with Gasteiger partial charge in [-0.25, -0.2) is 5.43 Å². The van der Waals surface area contributed by atoms with Crippen LogP contribution in [0.2, 0.25) is 0 Å². The summed E-state index contributed by atoms with van der Waals surface area (Å²) in [4.78, 5) is 12.0.